The molecule has 0 aliphatic carbocycles. The van der Waals surface area contributed by atoms with E-state index in [4.69, 9.17) is 4.74 Å². The fourth-order valence-corrected chi connectivity index (χ4v) is 2.70. The molecule has 140 valence electrons. The minimum atomic E-state index is -0.545. The number of nitrogens with zero attached hydrogens (tertiary/aromatic N) is 1. The van der Waals surface area contributed by atoms with Crippen LogP contribution in [0.2, 0.25) is 0 Å². The van der Waals surface area contributed by atoms with Crippen LogP contribution in [0.15, 0.2) is 40.1 Å². The molecule has 1 fully saturated rings. The summed E-state index contributed by atoms with van der Waals surface area (Å²) in [5.41, 5.74) is 3.00. The number of aliphatic imine (C=N–C) groups is 1. The van der Waals surface area contributed by atoms with Crippen molar-refractivity contribution < 1.29 is 14.6 Å². The van der Waals surface area contributed by atoms with E-state index in [2.05, 4.69) is 18.8 Å². The van der Waals surface area contributed by atoms with E-state index in [-0.39, 0.29) is 5.78 Å². The SMILES string of the molecule is C/C=C/C(=N/C(/C=C1/CCC(O)C(C)(C)OC1)=C(\C)CCC)C(C)=O. The van der Waals surface area contributed by atoms with Crippen molar-refractivity contribution in [2.24, 2.45) is 4.99 Å². The molecule has 4 nitrogen and oxygen atoms in total. The summed E-state index contributed by atoms with van der Waals surface area (Å²) >= 11 is 0. The van der Waals surface area contributed by atoms with E-state index in [0.29, 0.717) is 18.7 Å². The lowest BCUT2D eigenvalue weighted by atomic mass is 9.97. The quantitative estimate of drug-likeness (QED) is 0.718. The fraction of sp³-hybridized carbons (Fsp3) is 0.619. The van der Waals surface area contributed by atoms with Crippen LogP contribution >= 0.6 is 0 Å². The number of ketones is 1. The van der Waals surface area contributed by atoms with Gasteiger partial charge in [0.2, 0.25) is 0 Å². The van der Waals surface area contributed by atoms with Crippen molar-refractivity contribution in [1.82, 2.24) is 0 Å². The van der Waals surface area contributed by atoms with Gasteiger partial charge in [-0.1, -0.05) is 19.4 Å². The lowest BCUT2D eigenvalue weighted by Gasteiger charge is -2.27. The van der Waals surface area contributed by atoms with Crippen molar-refractivity contribution in [3.8, 4) is 0 Å². The molecule has 1 heterocycles. The van der Waals surface area contributed by atoms with Crippen LogP contribution in [0.25, 0.3) is 0 Å². The summed E-state index contributed by atoms with van der Waals surface area (Å²) in [7, 11) is 0. The Labute approximate surface area is 152 Å². The first kappa shape index (κ1) is 21.5. The number of hydrogen-bond acceptors (Lipinski definition) is 4. The number of carbonyl (C=O) groups excluding carboxylic acids is 1. The number of rotatable bonds is 6. The maximum Gasteiger partial charge on any atom is 0.178 e. The molecule has 1 rings (SSSR count). The standard InChI is InChI=1S/C21H33NO3/c1-7-9-15(3)19(22-18(10-8-2)16(4)23)13-17-11-12-20(24)21(5,6)25-14-17/h8,10,13,20,24H,7,9,11-12,14H2,1-6H3/b10-8+,17-13-,19-15+,22-18-. The molecule has 0 saturated carbocycles. The highest BCUT2D eigenvalue weighted by atomic mass is 16.5. The molecular formula is C21H33NO3. The summed E-state index contributed by atoms with van der Waals surface area (Å²) in [4.78, 5) is 16.5. The van der Waals surface area contributed by atoms with Crippen molar-refractivity contribution in [2.75, 3.05) is 6.61 Å². The normalized spacial score (nSPS) is 24.4. The second-order valence-corrected chi connectivity index (χ2v) is 7.22. The van der Waals surface area contributed by atoms with Crippen molar-refractivity contribution in [3.63, 3.8) is 0 Å². The molecule has 4 heteroatoms. The van der Waals surface area contributed by atoms with Crippen LogP contribution in [0, 0.1) is 0 Å². The highest BCUT2D eigenvalue weighted by Crippen LogP contribution is 2.28. The van der Waals surface area contributed by atoms with E-state index in [1.807, 2.05) is 32.9 Å². The van der Waals surface area contributed by atoms with E-state index in [1.54, 1.807) is 6.08 Å². The van der Waals surface area contributed by atoms with Crippen molar-refractivity contribution in [2.45, 2.75) is 78.9 Å². The van der Waals surface area contributed by atoms with Crippen molar-refractivity contribution in [1.29, 1.82) is 0 Å². The summed E-state index contributed by atoms with van der Waals surface area (Å²) in [6.45, 7) is 11.9. The Hall–Kier alpha value is -1.52. The number of aliphatic hydroxyl groups is 1. The van der Waals surface area contributed by atoms with Gasteiger partial charge in [0.25, 0.3) is 0 Å². The van der Waals surface area contributed by atoms with E-state index in [9.17, 15) is 9.90 Å². The third-order valence-corrected chi connectivity index (χ3v) is 4.50. The average Bonchev–Trinajstić information content (AvgIpc) is 2.66. The summed E-state index contributed by atoms with van der Waals surface area (Å²) < 4.78 is 5.89. The zero-order valence-corrected chi connectivity index (χ0v) is 16.6. The molecule has 0 aromatic rings. The van der Waals surface area contributed by atoms with Gasteiger partial charge < -0.3 is 9.84 Å². The van der Waals surface area contributed by atoms with E-state index >= 15 is 0 Å². The Kier molecular flexibility index (Phi) is 8.46. The Morgan fingerprint density at radius 2 is 2.08 bits per heavy atom. The molecule has 0 aromatic carbocycles. The van der Waals surface area contributed by atoms with Crippen LogP contribution in [0.5, 0.6) is 0 Å². The molecule has 1 saturated heterocycles. The first-order valence-corrected chi connectivity index (χ1v) is 9.14. The summed E-state index contributed by atoms with van der Waals surface area (Å²) in [6.07, 6.45) is 8.50. The van der Waals surface area contributed by atoms with Crippen LogP contribution in [0.4, 0.5) is 0 Å². The van der Waals surface area contributed by atoms with Gasteiger partial charge in [0.1, 0.15) is 5.71 Å². The Morgan fingerprint density at radius 1 is 1.40 bits per heavy atom. The largest absolute Gasteiger partial charge is 0.390 e. The average molecular weight is 347 g/mol. The minimum Gasteiger partial charge on any atom is -0.390 e. The second-order valence-electron chi connectivity index (χ2n) is 7.22. The maximum atomic E-state index is 11.8. The molecule has 0 bridgehead atoms. The maximum absolute atomic E-state index is 11.8. The number of aliphatic hydroxyl groups excluding tert-OH is 1. The Bertz CT molecular complexity index is 594. The first-order chi connectivity index (χ1) is 11.7. The third kappa shape index (κ3) is 6.71. The lowest BCUT2D eigenvalue weighted by molar-refractivity contribution is -0.111. The van der Waals surface area contributed by atoms with Crippen molar-refractivity contribution >= 4 is 11.5 Å². The van der Waals surface area contributed by atoms with Gasteiger partial charge in [-0.05, 0) is 70.3 Å². The topological polar surface area (TPSA) is 58.9 Å². The highest BCUT2D eigenvalue weighted by Gasteiger charge is 2.31. The Balaban J connectivity index is 3.24. The zero-order chi connectivity index (χ0) is 19.0. The van der Waals surface area contributed by atoms with Crippen LogP contribution in [-0.2, 0) is 9.53 Å². The van der Waals surface area contributed by atoms with Crippen LogP contribution < -0.4 is 0 Å². The van der Waals surface area contributed by atoms with E-state index < -0.39 is 11.7 Å². The number of ether oxygens (including phenoxy) is 1. The van der Waals surface area contributed by atoms with E-state index in [1.165, 1.54) is 6.92 Å². The number of Topliss-reactive ketones (excluding diaryl/α,β-unsaturated/α-hetero) is 1. The summed E-state index contributed by atoms with van der Waals surface area (Å²) in [5, 5.41) is 10.2. The molecule has 1 N–H and O–H groups in total. The predicted octanol–water partition coefficient (Wildman–Crippen LogP) is 4.54. The number of allylic oxidation sites excluding steroid dienone is 4. The Morgan fingerprint density at radius 3 is 2.64 bits per heavy atom. The molecule has 1 aliphatic rings. The molecule has 1 aliphatic heterocycles. The zero-order valence-electron chi connectivity index (χ0n) is 16.6. The van der Waals surface area contributed by atoms with Gasteiger partial charge in [-0.25, -0.2) is 4.99 Å². The van der Waals surface area contributed by atoms with Crippen molar-refractivity contribution in [3.05, 3.63) is 35.1 Å². The smallest absolute Gasteiger partial charge is 0.178 e. The second kappa shape index (κ2) is 9.83. The van der Waals surface area contributed by atoms with Crippen LogP contribution in [0.1, 0.15) is 67.2 Å². The van der Waals surface area contributed by atoms with Gasteiger partial charge in [-0.15, -0.1) is 0 Å². The van der Waals surface area contributed by atoms with Crippen LogP contribution in [-0.4, -0.2) is 34.9 Å². The molecule has 25 heavy (non-hydrogen) atoms. The molecule has 0 amide bonds. The van der Waals surface area contributed by atoms with Gasteiger partial charge in [-0.3, -0.25) is 4.79 Å². The fourth-order valence-electron chi connectivity index (χ4n) is 2.70. The van der Waals surface area contributed by atoms with Gasteiger partial charge in [0.05, 0.1) is 24.0 Å². The summed E-state index contributed by atoms with van der Waals surface area (Å²) in [5.74, 6) is -0.0491. The van der Waals surface area contributed by atoms with Gasteiger partial charge in [0.15, 0.2) is 5.78 Å². The van der Waals surface area contributed by atoms with Crippen LogP contribution in [0.3, 0.4) is 0 Å². The number of hydrogen-bond donors (Lipinski definition) is 1. The predicted molar refractivity (Wildman–Crippen MR) is 104 cm³/mol. The van der Waals surface area contributed by atoms with Gasteiger partial charge in [0, 0.05) is 6.92 Å². The monoisotopic (exact) mass is 347 g/mol. The summed E-state index contributed by atoms with van der Waals surface area (Å²) in [6, 6.07) is 0. The molecule has 1 atom stereocenters. The molecule has 0 spiro atoms. The molecule has 1 unspecified atom stereocenters. The highest BCUT2D eigenvalue weighted by molar-refractivity contribution is 6.43. The third-order valence-electron chi connectivity index (χ3n) is 4.50. The lowest BCUT2D eigenvalue weighted by Crippen LogP contribution is -2.37. The number of carbonyl (C=O) groups is 1. The molecular weight excluding hydrogens is 314 g/mol. The van der Waals surface area contributed by atoms with Gasteiger partial charge >= 0.3 is 0 Å². The minimum absolute atomic E-state index is 0.0491. The first-order valence-electron chi connectivity index (χ1n) is 9.14. The molecule has 0 radical (unpaired) electrons. The van der Waals surface area contributed by atoms with E-state index in [0.717, 1.165) is 36.1 Å². The molecule has 0 aromatic heterocycles. The van der Waals surface area contributed by atoms with Gasteiger partial charge in [-0.2, -0.15) is 0 Å².